The number of hydrogen-bond acceptors (Lipinski definition) is 4. The first-order valence-electron chi connectivity index (χ1n) is 7.86. The molecule has 0 saturated carbocycles. The third kappa shape index (κ3) is 5.88. The lowest BCUT2D eigenvalue weighted by atomic mass is 10.2. The van der Waals surface area contributed by atoms with Crippen LogP contribution in [-0.4, -0.2) is 63.3 Å². The number of nitrogens with one attached hydrogen (secondary N) is 3. The first-order valence-corrected chi connectivity index (χ1v) is 7.86. The Morgan fingerprint density at radius 3 is 2.78 bits per heavy atom. The number of anilines is 1. The molecule has 1 heterocycles. The van der Waals surface area contributed by atoms with Gasteiger partial charge in [0.05, 0.1) is 13.2 Å². The lowest BCUT2D eigenvalue weighted by molar-refractivity contribution is 0.0375. The van der Waals surface area contributed by atoms with E-state index in [0.717, 1.165) is 39.3 Å². The van der Waals surface area contributed by atoms with Crippen molar-refractivity contribution < 1.29 is 14.3 Å². The average molecular weight is 320 g/mol. The fourth-order valence-electron chi connectivity index (χ4n) is 2.39. The van der Waals surface area contributed by atoms with Gasteiger partial charge in [-0.2, -0.15) is 0 Å². The minimum Gasteiger partial charge on any atom is -0.379 e. The van der Waals surface area contributed by atoms with Crippen molar-refractivity contribution in [1.82, 2.24) is 15.5 Å². The van der Waals surface area contributed by atoms with Gasteiger partial charge in [-0.05, 0) is 31.2 Å². The van der Waals surface area contributed by atoms with Crippen LogP contribution in [0.5, 0.6) is 0 Å². The van der Waals surface area contributed by atoms with Gasteiger partial charge in [-0.1, -0.05) is 6.07 Å². The number of rotatable bonds is 6. The zero-order chi connectivity index (χ0) is 16.5. The molecule has 0 aliphatic carbocycles. The molecular weight excluding hydrogens is 296 g/mol. The van der Waals surface area contributed by atoms with Gasteiger partial charge in [0.15, 0.2) is 0 Å². The molecule has 7 nitrogen and oxygen atoms in total. The van der Waals surface area contributed by atoms with E-state index >= 15 is 0 Å². The summed E-state index contributed by atoms with van der Waals surface area (Å²) in [6.45, 7) is 5.05. The first-order chi connectivity index (χ1) is 11.2. The topological polar surface area (TPSA) is 82.7 Å². The van der Waals surface area contributed by atoms with Crippen LogP contribution >= 0.6 is 0 Å². The molecule has 3 amide bonds. The molecular formula is C16H24N4O3. The Balaban J connectivity index is 1.69. The fourth-order valence-corrected chi connectivity index (χ4v) is 2.39. The number of carbonyl (C=O) groups is 2. The van der Waals surface area contributed by atoms with Crippen LogP contribution in [-0.2, 0) is 4.74 Å². The van der Waals surface area contributed by atoms with E-state index in [1.54, 1.807) is 31.3 Å². The normalized spacial score (nSPS) is 15.0. The van der Waals surface area contributed by atoms with Crippen LogP contribution in [0.3, 0.4) is 0 Å². The highest BCUT2D eigenvalue weighted by atomic mass is 16.5. The molecule has 1 aliphatic heterocycles. The largest absolute Gasteiger partial charge is 0.379 e. The molecule has 3 N–H and O–H groups in total. The van der Waals surface area contributed by atoms with Gasteiger partial charge in [-0.25, -0.2) is 4.79 Å². The molecule has 7 heteroatoms. The highest BCUT2D eigenvalue weighted by Gasteiger charge is 2.10. The number of amides is 3. The van der Waals surface area contributed by atoms with Crippen molar-refractivity contribution in [2.24, 2.45) is 0 Å². The van der Waals surface area contributed by atoms with E-state index in [1.807, 2.05) is 0 Å². The lowest BCUT2D eigenvalue weighted by Gasteiger charge is -2.26. The Kier molecular flexibility index (Phi) is 6.83. The lowest BCUT2D eigenvalue weighted by Crippen LogP contribution is -2.38. The zero-order valence-electron chi connectivity index (χ0n) is 13.4. The molecule has 1 fully saturated rings. The third-order valence-electron chi connectivity index (χ3n) is 3.65. The van der Waals surface area contributed by atoms with Crippen molar-refractivity contribution in [3.8, 4) is 0 Å². The minimum atomic E-state index is -0.263. The number of morpholine rings is 1. The SMILES string of the molecule is CNC(=O)c1cccc(NC(=O)NCCCN2CCOCC2)c1. The van der Waals surface area contributed by atoms with Crippen LogP contribution in [0.2, 0.25) is 0 Å². The number of ether oxygens (including phenoxy) is 1. The van der Waals surface area contributed by atoms with Gasteiger partial charge in [0.2, 0.25) is 0 Å². The Morgan fingerprint density at radius 1 is 1.26 bits per heavy atom. The Labute approximate surface area is 136 Å². The number of carbonyl (C=O) groups excluding carboxylic acids is 2. The van der Waals surface area contributed by atoms with Gasteiger partial charge in [0.25, 0.3) is 5.91 Å². The monoisotopic (exact) mass is 320 g/mol. The molecule has 1 saturated heterocycles. The molecule has 0 bridgehead atoms. The summed E-state index contributed by atoms with van der Waals surface area (Å²) in [6, 6.07) is 6.57. The van der Waals surface area contributed by atoms with Gasteiger partial charge in [-0.3, -0.25) is 9.69 Å². The van der Waals surface area contributed by atoms with E-state index in [0.29, 0.717) is 17.8 Å². The molecule has 0 aromatic heterocycles. The molecule has 0 unspecified atom stereocenters. The number of benzene rings is 1. The van der Waals surface area contributed by atoms with Crippen LogP contribution in [0.4, 0.5) is 10.5 Å². The van der Waals surface area contributed by atoms with Crippen molar-refractivity contribution in [2.45, 2.75) is 6.42 Å². The maximum atomic E-state index is 11.9. The van der Waals surface area contributed by atoms with Crippen LogP contribution in [0.25, 0.3) is 0 Å². The summed E-state index contributed by atoms with van der Waals surface area (Å²) >= 11 is 0. The number of urea groups is 1. The van der Waals surface area contributed by atoms with Gasteiger partial charge >= 0.3 is 6.03 Å². The van der Waals surface area contributed by atoms with Crippen molar-refractivity contribution in [3.05, 3.63) is 29.8 Å². The minimum absolute atomic E-state index is 0.181. The first kappa shape index (κ1) is 17.2. The van der Waals surface area contributed by atoms with Gasteiger partial charge in [0, 0.05) is 37.9 Å². The quantitative estimate of drug-likeness (QED) is 0.680. The Hall–Kier alpha value is -2.12. The summed E-state index contributed by atoms with van der Waals surface area (Å²) < 4.78 is 5.30. The third-order valence-corrected chi connectivity index (χ3v) is 3.65. The summed E-state index contributed by atoms with van der Waals surface area (Å²) in [5, 5.41) is 8.11. The predicted molar refractivity (Wildman–Crippen MR) is 88.7 cm³/mol. The van der Waals surface area contributed by atoms with E-state index in [2.05, 4.69) is 20.9 Å². The fraction of sp³-hybridized carbons (Fsp3) is 0.500. The van der Waals surface area contributed by atoms with Crippen LogP contribution in [0, 0.1) is 0 Å². The average Bonchev–Trinajstić information content (AvgIpc) is 2.59. The molecule has 1 aromatic rings. The molecule has 0 atom stereocenters. The van der Waals surface area contributed by atoms with E-state index in [-0.39, 0.29) is 11.9 Å². The van der Waals surface area contributed by atoms with Crippen LogP contribution in [0.1, 0.15) is 16.8 Å². The zero-order valence-corrected chi connectivity index (χ0v) is 13.4. The molecule has 2 rings (SSSR count). The standard InChI is InChI=1S/C16H24N4O3/c1-17-15(21)13-4-2-5-14(12-13)19-16(22)18-6-3-7-20-8-10-23-11-9-20/h2,4-5,12H,3,6-11H2,1H3,(H,17,21)(H2,18,19,22). The summed E-state index contributed by atoms with van der Waals surface area (Å²) in [6.07, 6.45) is 0.895. The van der Waals surface area contributed by atoms with Crippen LogP contribution < -0.4 is 16.0 Å². The van der Waals surface area contributed by atoms with Crippen LogP contribution in [0.15, 0.2) is 24.3 Å². The highest BCUT2D eigenvalue weighted by Crippen LogP contribution is 2.10. The molecule has 0 radical (unpaired) electrons. The summed E-state index contributed by atoms with van der Waals surface area (Å²) in [4.78, 5) is 25.7. The van der Waals surface area contributed by atoms with Crippen molar-refractivity contribution in [2.75, 3.05) is 51.8 Å². The highest BCUT2D eigenvalue weighted by molar-refractivity contribution is 5.96. The molecule has 23 heavy (non-hydrogen) atoms. The van der Waals surface area contributed by atoms with E-state index in [9.17, 15) is 9.59 Å². The second-order valence-corrected chi connectivity index (χ2v) is 5.35. The summed E-state index contributed by atoms with van der Waals surface area (Å²) in [5.74, 6) is -0.181. The number of hydrogen-bond donors (Lipinski definition) is 3. The van der Waals surface area contributed by atoms with Gasteiger partial charge in [0.1, 0.15) is 0 Å². The second-order valence-electron chi connectivity index (χ2n) is 5.35. The molecule has 1 aliphatic rings. The maximum Gasteiger partial charge on any atom is 0.319 e. The Morgan fingerprint density at radius 2 is 2.04 bits per heavy atom. The summed E-state index contributed by atoms with van der Waals surface area (Å²) in [7, 11) is 1.57. The molecule has 126 valence electrons. The predicted octanol–water partition coefficient (Wildman–Crippen LogP) is 0.890. The van der Waals surface area contributed by atoms with E-state index in [4.69, 9.17) is 4.74 Å². The Bertz CT molecular complexity index is 530. The smallest absolute Gasteiger partial charge is 0.319 e. The van der Waals surface area contributed by atoms with Crippen molar-refractivity contribution >= 4 is 17.6 Å². The second kappa shape index (κ2) is 9.12. The molecule has 1 aromatic carbocycles. The van der Waals surface area contributed by atoms with Crippen molar-refractivity contribution in [1.29, 1.82) is 0 Å². The molecule has 0 spiro atoms. The van der Waals surface area contributed by atoms with Gasteiger partial charge < -0.3 is 20.7 Å². The van der Waals surface area contributed by atoms with Gasteiger partial charge in [-0.15, -0.1) is 0 Å². The van der Waals surface area contributed by atoms with E-state index in [1.165, 1.54) is 0 Å². The van der Waals surface area contributed by atoms with E-state index < -0.39 is 0 Å². The maximum absolute atomic E-state index is 11.9. The summed E-state index contributed by atoms with van der Waals surface area (Å²) in [5.41, 5.74) is 1.11. The number of nitrogens with zero attached hydrogens (tertiary/aromatic N) is 1. The van der Waals surface area contributed by atoms with Crippen molar-refractivity contribution in [3.63, 3.8) is 0 Å².